The van der Waals surface area contributed by atoms with Crippen molar-refractivity contribution in [2.45, 2.75) is 44.0 Å². The number of sulfonamides is 1. The number of carbonyl (C=O) groups excluding carboxylic acids is 1. The van der Waals surface area contributed by atoms with Crippen molar-refractivity contribution in [3.63, 3.8) is 0 Å². The molecule has 0 aliphatic rings. The van der Waals surface area contributed by atoms with E-state index < -0.39 is 27.9 Å². The van der Waals surface area contributed by atoms with Crippen LogP contribution in [0.4, 0.5) is 0 Å². The average Bonchev–Trinajstić information content (AvgIpc) is 2.51. The van der Waals surface area contributed by atoms with E-state index in [0.717, 1.165) is 6.42 Å². The van der Waals surface area contributed by atoms with Crippen molar-refractivity contribution in [2.75, 3.05) is 6.54 Å². The van der Waals surface area contributed by atoms with Crippen LogP contribution in [0.3, 0.4) is 0 Å². The van der Waals surface area contributed by atoms with E-state index in [9.17, 15) is 18.0 Å². The van der Waals surface area contributed by atoms with Gasteiger partial charge in [-0.3, -0.25) is 4.79 Å². The molecule has 0 fully saturated rings. The number of unbranched alkanes of at least 4 members (excludes halogenated alkanes) is 1. The van der Waals surface area contributed by atoms with E-state index in [2.05, 4.69) is 10.0 Å². The molecule has 1 unspecified atom stereocenters. The zero-order valence-electron chi connectivity index (χ0n) is 13.2. The number of rotatable bonds is 9. The van der Waals surface area contributed by atoms with Crippen LogP contribution in [0.15, 0.2) is 29.2 Å². The lowest BCUT2D eigenvalue weighted by Crippen LogP contribution is -2.40. The summed E-state index contributed by atoms with van der Waals surface area (Å²) in [5.41, 5.74) is 0.211. The molecule has 0 bridgehead atoms. The van der Waals surface area contributed by atoms with Gasteiger partial charge in [-0.15, -0.1) is 0 Å². The fourth-order valence-electron chi connectivity index (χ4n) is 1.97. The molecule has 1 amide bonds. The highest BCUT2D eigenvalue weighted by atomic mass is 32.2. The van der Waals surface area contributed by atoms with E-state index in [-0.39, 0.29) is 17.0 Å². The molecule has 1 atom stereocenters. The molecule has 128 valence electrons. The third kappa shape index (κ3) is 5.65. The molecule has 0 saturated heterocycles. The van der Waals surface area contributed by atoms with Crippen molar-refractivity contribution >= 4 is 21.9 Å². The summed E-state index contributed by atoms with van der Waals surface area (Å²) in [6.45, 7) is 3.87. The van der Waals surface area contributed by atoms with Gasteiger partial charge in [0, 0.05) is 12.1 Å². The summed E-state index contributed by atoms with van der Waals surface area (Å²) in [6, 6.07) is 4.40. The molecule has 23 heavy (non-hydrogen) atoms. The first-order valence-corrected chi connectivity index (χ1v) is 8.93. The van der Waals surface area contributed by atoms with E-state index in [1.54, 1.807) is 6.92 Å². The van der Waals surface area contributed by atoms with Gasteiger partial charge in [0.25, 0.3) is 5.91 Å². The van der Waals surface area contributed by atoms with Gasteiger partial charge in [-0.25, -0.2) is 17.9 Å². The maximum Gasteiger partial charge on any atom is 0.326 e. The summed E-state index contributed by atoms with van der Waals surface area (Å²) in [6.07, 6.45) is 1.87. The number of amides is 1. The summed E-state index contributed by atoms with van der Waals surface area (Å²) in [5, 5.41) is 11.6. The average molecular weight is 342 g/mol. The SMILES string of the molecule is CCCCC(NC(=O)c1ccc(S(=O)(=O)NCC)cc1)C(=O)O. The largest absolute Gasteiger partial charge is 0.480 e. The molecule has 0 aliphatic carbocycles. The topological polar surface area (TPSA) is 113 Å². The second-order valence-corrected chi connectivity index (χ2v) is 6.80. The summed E-state index contributed by atoms with van der Waals surface area (Å²) in [7, 11) is -3.58. The van der Waals surface area contributed by atoms with Gasteiger partial charge in [-0.05, 0) is 30.7 Å². The Morgan fingerprint density at radius 1 is 1.17 bits per heavy atom. The first-order valence-electron chi connectivity index (χ1n) is 7.45. The van der Waals surface area contributed by atoms with Crippen LogP contribution in [0.25, 0.3) is 0 Å². The number of carboxylic acid groups (broad SMARTS) is 1. The lowest BCUT2D eigenvalue weighted by Gasteiger charge is -2.14. The van der Waals surface area contributed by atoms with Gasteiger partial charge in [0.05, 0.1) is 4.90 Å². The molecule has 7 nitrogen and oxygen atoms in total. The Hall–Kier alpha value is -1.93. The van der Waals surface area contributed by atoms with Crippen molar-refractivity contribution in [1.29, 1.82) is 0 Å². The standard InChI is InChI=1S/C15H22N2O5S/c1-3-5-6-13(15(19)20)17-14(18)11-7-9-12(10-8-11)23(21,22)16-4-2/h7-10,13,16H,3-6H2,1-2H3,(H,17,18)(H,19,20). The molecule has 8 heteroatoms. The van der Waals surface area contributed by atoms with E-state index in [4.69, 9.17) is 5.11 Å². The summed E-state index contributed by atoms with van der Waals surface area (Å²) in [4.78, 5) is 23.2. The van der Waals surface area contributed by atoms with E-state index in [0.29, 0.717) is 12.8 Å². The molecular formula is C15H22N2O5S. The molecule has 1 rings (SSSR count). The van der Waals surface area contributed by atoms with Crippen molar-refractivity contribution in [3.05, 3.63) is 29.8 Å². The van der Waals surface area contributed by atoms with Crippen molar-refractivity contribution < 1.29 is 23.1 Å². The Bertz CT molecular complexity index is 640. The Labute approximate surface area is 136 Å². The second-order valence-electron chi connectivity index (χ2n) is 5.03. The number of carboxylic acids is 1. The van der Waals surface area contributed by atoms with E-state index in [1.807, 2.05) is 6.92 Å². The molecule has 0 heterocycles. The van der Waals surface area contributed by atoms with Crippen LogP contribution in [0, 0.1) is 0 Å². The second kappa shape index (κ2) is 8.64. The zero-order valence-corrected chi connectivity index (χ0v) is 14.0. The number of benzene rings is 1. The molecule has 0 aliphatic heterocycles. The van der Waals surface area contributed by atoms with Crippen LogP contribution in [0.5, 0.6) is 0 Å². The maximum absolute atomic E-state index is 12.1. The Morgan fingerprint density at radius 3 is 2.26 bits per heavy atom. The molecule has 1 aromatic carbocycles. The first-order chi connectivity index (χ1) is 10.8. The van der Waals surface area contributed by atoms with Crippen LogP contribution in [0.2, 0.25) is 0 Å². The number of nitrogens with one attached hydrogen (secondary N) is 2. The van der Waals surface area contributed by atoms with Crippen molar-refractivity contribution in [3.8, 4) is 0 Å². The quantitative estimate of drug-likeness (QED) is 0.627. The summed E-state index contributed by atoms with van der Waals surface area (Å²) in [5.74, 6) is -1.63. The van der Waals surface area contributed by atoms with Crippen LogP contribution in [-0.4, -0.2) is 38.0 Å². The van der Waals surface area contributed by atoms with Crippen molar-refractivity contribution in [2.24, 2.45) is 0 Å². The van der Waals surface area contributed by atoms with E-state index in [1.165, 1.54) is 24.3 Å². The van der Waals surface area contributed by atoms with Gasteiger partial charge < -0.3 is 10.4 Å². The smallest absolute Gasteiger partial charge is 0.326 e. The minimum atomic E-state index is -3.58. The van der Waals surface area contributed by atoms with Crippen molar-refractivity contribution in [1.82, 2.24) is 10.0 Å². The molecule has 0 aromatic heterocycles. The number of carbonyl (C=O) groups is 2. The van der Waals surface area contributed by atoms with Gasteiger partial charge >= 0.3 is 5.97 Å². The van der Waals surface area contributed by atoms with E-state index >= 15 is 0 Å². The molecule has 3 N–H and O–H groups in total. The lowest BCUT2D eigenvalue weighted by atomic mass is 10.1. The predicted octanol–water partition coefficient (Wildman–Crippen LogP) is 1.36. The van der Waals surface area contributed by atoms with Gasteiger partial charge in [0.15, 0.2) is 0 Å². The molecule has 0 radical (unpaired) electrons. The number of aliphatic carboxylic acids is 1. The lowest BCUT2D eigenvalue weighted by molar-refractivity contribution is -0.139. The molecule has 0 spiro atoms. The maximum atomic E-state index is 12.1. The summed E-state index contributed by atoms with van der Waals surface area (Å²) >= 11 is 0. The monoisotopic (exact) mass is 342 g/mol. The predicted molar refractivity (Wildman–Crippen MR) is 85.7 cm³/mol. The van der Waals surface area contributed by atoms with Crippen LogP contribution in [0.1, 0.15) is 43.5 Å². The van der Waals surface area contributed by atoms with Gasteiger partial charge in [0.1, 0.15) is 6.04 Å². The third-order valence-corrected chi connectivity index (χ3v) is 4.77. The van der Waals surface area contributed by atoms with Gasteiger partial charge in [-0.2, -0.15) is 0 Å². The minimum Gasteiger partial charge on any atom is -0.480 e. The highest BCUT2D eigenvalue weighted by molar-refractivity contribution is 7.89. The molecule has 0 saturated carbocycles. The highest BCUT2D eigenvalue weighted by Gasteiger charge is 2.20. The Kier molecular flexibility index (Phi) is 7.18. The minimum absolute atomic E-state index is 0.0525. The Balaban J connectivity index is 2.83. The van der Waals surface area contributed by atoms with Crippen LogP contribution >= 0.6 is 0 Å². The van der Waals surface area contributed by atoms with Gasteiger partial charge in [-0.1, -0.05) is 26.7 Å². The van der Waals surface area contributed by atoms with Crippen LogP contribution < -0.4 is 10.0 Å². The number of hydrogen-bond donors (Lipinski definition) is 3. The zero-order chi connectivity index (χ0) is 17.5. The Morgan fingerprint density at radius 2 is 1.78 bits per heavy atom. The fraction of sp³-hybridized carbons (Fsp3) is 0.467. The number of hydrogen-bond acceptors (Lipinski definition) is 4. The normalized spacial score (nSPS) is 12.6. The summed E-state index contributed by atoms with van der Waals surface area (Å²) < 4.78 is 26.0. The first kappa shape index (κ1) is 19.1. The fourth-order valence-corrected chi connectivity index (χ4v) is 3.01. The highest BCUT2D eigenvalue weighted by Crippen LogP contribution is 2.11. The molecule has 1 aromatic rings. The third-order valence-electron chi connectivity index (χ3n) is 3.21. The van der Waals surface area contributed by atoms with Gasteiger partial charge in [0.2, 0.25) is 10.0 Å². The van der Waals surface area contributed by atoms with Crippen LogP contribution in [-0.2, 0) is 14.8 Å². The molecular weight excluding hydrogens is 320 g/mol.